The fourth-order valence-electron chi connectivity index (χ4n) is 1.80. The van der Waals surface area contributed by atoms with E-state index in [-0.39, 0.29) is 0 Å². The molecule has 0 amide bonds. The number of rotatable bonds is 4. The number of anilines is 1. The third kappa shape index (κ3) is 4.14. The summed E-state index contributed by atoms with van der Waals surface area (Å²) in [5, 5.41) is 11.7. The van der Waals surface area contributed by atoms with Gasteiger partial charge in [0, 0.05) is 5.69 Å². The molecule has 2 aromatic carbocycles. The zero-order valence-corrected chi connectivity index (χ0v) is 11.1. The highest BCUT2D eigenvalue weighted by molar-refractivity contribution is 5.92. The molecule has 0 aliphatic carbocycles. The van der Waals surface area contributed by atoms with Crippen LogP contribution in [0.5, 0.6) is 0 Å². The number of hydrogen-bond acceptors (Lipinski definition) is 2. The van der Waals surface area contributed by atoms with E-state index in [1.807, 2.05) is 54.6 Å². The number of hydrogen-bond donors (Lipinski definition) is 2. The van der Waals surface area contributed by atoms with E-state index in [0.717, 1.165) is 16.8 Å². The number of benzene rings is 2. The maximum atomic E-state index is 8.68. The van der Waals surface area contributed by atoms with E-state index in [1.165, 1.54) is 0 Å². The summed E-state index contributed by atoms with van der Waals surface area (Å²) in [6.07, 6.45) is 0.385. The van der Waals surface area contributed by atoms with E-state index in [9.17, 15) is 0 Å². The van der Waals surface area contributed by atoms with Crippen molar-refractivity contribution in [2.45, 2.75) is 13.0 Å². The van der Waals surface area contributed by atoms with Gasteiger partial charge >= 0.3 is 0 Å². The van der Waals surface area contributed by atoms with Gasteiger partial charge in [-0.05, 0) is 23.3 Å². The Hall–Kier alpha value is -2.80. The fourth-order valence-corrected chi connectivity index (χ4v) is 1.80. The molecule has 4 heteroatoms. The van der Waals surface area contributed by atoms with Crippen molar-refractivity contribution in [1.29, 1.82) is 5.26 Å². The molecule has 0 saturated heterocycles. The zero-order valence-electron chi connectivity index (χ0n) is 11.1. The van der Waals surface area contributed by atoms with E-state index in [2.05, 4.69) is 16.4 Å². The normalized spacial score (nSPS) is 10.8. The van der Waals surface area contributed by atoms with Crippen molar-refractivity contribution >= 4 is 11.6 Å². The van der Waals surface area contributed by atoms with Crippen LogP contribution in [-0.4, -0.2) is 5.96 Å². The second-order valence-corrected chi connectivity index (χ2v) is 4.35. The van der Waals surface area contributed by atoms with E-state index in [4.69, 9.17) is 11.0 Å². The smallest absolute Gasteiger partial charge is 0.193 e. The first-order chi connectivity index (χ1) is 9.78. The lowest BCUT2D eigenvalue weighted by molar-refractivity contribution is 1.06. The molecule has 0 radical (unpaired) electrons. The van der Waals surface area contributed by atoms with E-state index in [0.29, 0.717) is 18.9 Å². The van der Waals surface area contributed by atoms with Crippen molar-refractivity contribution in [2.24, 2.45) is 10.7 Å². The van der Waals surface area contributed by atoms with Gasteiger partial charge in [0.1, 0.15) is 0 Å². The molecular formula is C16H16N4. The fraction of sp³-hybridized carbons (Fsp3) is 0.125. The quantitative estimate of drug-likeness (QED) is 0.658. The van der Waals surface area contributed by atoms with Crippen LogP contribution in [0.3, 0.4) is 0 Å². The van der Waals surface area contributed by atoms with Gasteiger partial charge in [0.05, 0.1) is 19.0 Å². The van der Waals surface area contributed by atoms with Crippen LogP contribution in [0, 0.1) is 11.3 Å². The predicted octanol–water partition coefficient (Wildman–Crippen LogP) is 2.68. The summed E-state index contributed by atoms with van der Waals surface area (Å²) >= 11 is 0. The van der Waals surface area contributed by atoms with Crippen molar-refractivity contribution < 1.29 is 0 Å². The summed E-state index contributed by atoms with van der Waals surface area (Å²) in [4.78, 5) is 4.28. The highest BCUT2D eigenvalue weighted by Crippen LogP contribution is 2.10. The summed E-state index contributed by atoms with van der Waals surface area (Å²) in [5.41, 5.74) is 8.75. The van der Waals surface area contributed by atoms with Gasteiger partial charge in [0.25, 0.3) is 0 Å². The lowest BCUT2D eigenvalue weighted by Gasteiger charge is -2.06. The molecule has 3 N–H and O–H groups in total. The van der Waals surface area contributed by atoms with Gasteiger partial charge in [0.15, 0.2) is 5.96 Å². The third-order valence-electron chi connectivity index (χ3n) is 2.76. The van der Waals surface area contributed by atoms with Gasteiger partial charge in [-0.2, -0.15) is 5.26 Å². The van der Waals surface area contributed by atoms with Gasteiger partial charge in [-0.3, -0.25) is 0 Å². The molecule has 4 nitrogen and oxygen atoms in total. The van der Waals surface area contributed by atoms with Crippen molar-refractivity contribution in [3.63, 3.8) is 0 Å². The highest BCUT2D eigenvalue weighted by atomic mass is 15.1. The Bertz CT molecular complexity index is 626. The summed E-state index contributed by atoms with van der Waals surface area (Å²) in [6, 6.07) is 19.6. The van der Waals surface area contributed by atoms with E-state index >= 15 is 0 Å². The molecule has 0 bridgehead atoms. The molecule has 0 aromatic heterocycles. The number of nitrogens with two attached hydrogens (primary N) is 1. The van der Waals surface area contributed by atoms with Crippen LogP contribution in [0.2, 0.25) is 0 Å². The number of nitrogens with one attached hydrogen (secondary N) is 1. The van der Waals surface area contributed by atoms with Crippen molar-refractivity contribution in [2.75, 3.05) is 5.32 Å². The summed E-state index contributed by atoms with van der Waals surface area (Å²) in [6.45, 7) is 0.539. The van der Waals surface area contributed by atoms with Gasteiger partial charge in [0.2, 0.25) is 0 Å². The van der Waals surface area contributed by atoms with E-state index < -0.39 is 0 Å². The molecule has 0 aliphatic rings. The molecule has 100 valence electrons. The Morgan fingerprint density at radius 1 is 1.10 bits per heavy atom. The van der Waals surface area contributed by atoms with Gasteiger partial charge in [-0.1, -0.05) is 42.5 Å². The highest BCUT2D eigenvalue weighted by Gasteiger charge is 1.97. The van der Waals surface area contributed by atoms with E-state index in [1.54, 1.807) is 0 Å². The van der Waals surface area contributed by atoms with Crippen molar-refractivity contribution in [3.05, 3.63) is 65.7 Å². The molecule has 2 aromatic rings. The van der Waals surface area contributed by atoms with Crippen LogP contribution in [-0.2, 0) is 13.0 Å². The number of nitrogens with zero attached hydrogens (tertiary/aromatic N) is 2. The lowest BCUT2D eigenvalue weighted by Crippen LogP contribution is -2.22. The van der Waals surface area contributed by atoms with Crippen LogP contribution in [0.25, 0.3) is 0 Å². The minimum Gasteiger partial charge on any atom is -0.370 e. The maximum absolute atomic E-state index is 8.68. The van der Waals surface area contributed by atoms with Crippen molar-refractivity contribution in [3.8, 4) is 6.07 Å². The standard InChI is InChI=1S/C16H16N4/c17-10-9-13-7-4-8-15(11-13)20-16(18)19-12-14-5-2-1-3-6-14/h1-8,11H,9,12H2,(H3,18,19,20). The maximum Gasteiger partial charge on any atom is 0.193 e. The minimum atomic E-state index is 0.364. The number of aliphatic imine (C=N–C) groups is 1. The average Bonchev–Trinajstić information content (AvgIpc) is 2.47. The SMILES string of the molecule is N#CCc1cccc(NC(N)=NCc2ccccc2)c1. The lowest BCUT2D eigenvalue weighted by atomic mass is 10.1. The topological polar surface area (TPSA) is 74.2 Å². The molecule has 0 atom stereocenters. The molecule has 0 saturated carbocycles. The van der Waals surface area contributed by atoms with Crippen LogP contribution in [0.4, 0.5) is 5.69 Å². The molecule has 2 rings (SSSR count). The third-order valence-corrected chi connectivity index (χ3v) is 2.76. The number of guanidine groups is 1. The first-order valence-electron chi connectivity index (χ1n) is 6.34. The summed E-state index contributed by atoms with van der Waals surface area (Å²) in [5.74, 6) is 0.364. The molecule has 0 unspecified atom stereocenters. The molecule has 20 heavy (non-hydrogen) atoms. The van der Waals surface area contributed by atoms with Crippen LogP contribution < -0.4 is 11.1 Å². The Balaban J connectivity index is 1.99. The second kappa shape index (κ2) is 6.95. The zero-order chi connectivity index (χ0) is 14.2. The summed E-state index contributed by atoms with van der Waals surface area (Å²) < 4.78 is 0. The van der Waals surface area contributed by atoms with Crippen molar-refractivity contribution in [1.82, 2.24) is 0 Å². The Labute approximate surface area is 118 Å². The first kappa shape index (κ1) is 13.6. The summed E-state index contributed by atoms with van der Waals surface area (Å²) in [7, 11) is 0. The molecule has 0 heterocycles. The van der Waals surface area contributed by atoms with Gasteiger partial charge < -0.3 is 11.1 Å². The number of nitriles is 1. The average molecular weight is 264 g/mol. The molecule has 0 aliphatic heterocycles. The minimum absolute atomic E-state index is 0.364. The molecular weight excluding hydrogens is 248 g/mol. The Morgan fingerprint density at radius 2 is 1.85 bits per heavy atom. The predicted molar refractivity (Wildman–Crippen MR) is 81.2 cm³/mol. The monoisotopic (exact) mass is 264 g/mol. The molecule has 0 spiro atoms. The van der Waals surface area contributed by atoms with Gasteiger partial charge in [-0.15, -0.1) is 0 Å². The Kier molecular flexibility index (Phi) is 4.74. The Morgan fingerprint density at radius 3 is 2.60 bits per heavy atom. The van der Waals surface area contributed by atoms with Gasteiger partial charge in [-0.25, -0.2) is 4.99 Å². The second-order valence-electron chi connectivity index (χ2n) is 4.35. The first-order valence-corrected chi connectivity index (χ1v) is 6.34. The van der Waals surface area contributed by atoms with Crippen LogP contribution in [0.1, 0.15) is 11.1 Å². The largest absolute Gasteiger partial charge is 0.370 e. The van der Waals surface area contributed by atoms with Crippen LogP contribution in [0.15, 0.2) is 59.6 Å². The van der Waals surface area contributed by atoms with Crippen LogP contribution >= 0.6 is 0 Å². The molecule has 0 fully saturated rings.